The van der Waals surface area contributed by atoms with Crippen LogP contribution in [0, 0.1) is 5.92 Å². The number of hydrogen-bond acceptors (Lipinski definition) is 4. The molecule has 0 aromatic rings. The van der Waals surface area contributed by atoms with Gasteiger partial charge in [0, 0.05) is 31.6 Å². The first kappa shape index (κ1) is 10.0. The van der Waals surface area contributed by atoms with E-state index < -0.39 is 0 Å². The summed E-state index contributed by atoms with van der Waals surface area (Å²) in [6, 6.07) is 0.241. The van der Waals surface area contributed by atoms with Crippen LogP contribution < -0.4 is 5.73 Å². The van der Waals surface area contributed by atoms with E-state index in [1.54, 1.807) is 0 Å². The highest BCUT2D eigenvalue weighted by Crippen LogP contribution is 2.27. The summed E-state index contributed by atoms with van der Waals surface area (Å²) in [6.45, 7) is 4.87. The van der Waals surface area contributed by atoms with Crippen LogP contribution >= 0.6 is 0 Å². The Morgan fingerprint density at radius 3 is 2.47 bits per heavy atom. The Kier molecular flexibility index (Phi) is 2.68. The van der Waals surface area contributed by atoms with Gasteiger partial charge in [-0.05, 0) is 12.8 Å². The van der Waals surface area contributed by atoms with E-state index in [0.717, 1.165) is 32.8 Å². The second-order valence-electron chi connectivity index (χ2n) is 5.14. The number of fused-ring (bicyclic) bond motifs is 2. The molecule has 3 aliphatic rings. The molecule has 2 N–H and O–H groups in total. The molecule has 0 saturated carbocycles. The molecule has 4 nitrogen and oxygen atoms in total. The van der Waals surface area contributed by atoms with Crippen molar-refractivity contribution in [1.82, 2.24) is 4.90 Å². The third-order valence-electron chi connectivity index (χ3n) is 3.86. The molecule has 4 heteroatoms. The van der Waals surface area contributed by atoms with Gasteiger partial charge >= 0.3 is 0 Å². The highest BCUT2D eigenvalue weighted by molar-refractivity contribution is 4.88. The predicted molar refractivity (Wildman–Crippen MR) is 56.6 cm³/mol. The third kappa shape index (κ3) is 2.04. The minimum absolute atomic E-state index is 0.241. The molecule has 86 valence electrons. The summed E-state index contributed by atoms with van der Waals surface area (Å²) in [7, 11) is 0. The fraction of sp³-hybridized carbons (Fsp3) is 1.00. The monoisotopic (exact) mass is 212 g/mol. The molecular formula is C11H20N2O2. The van der Waals surface area contributed by atoms with Crippen molar-refractivity contribution in [2.75, 3.05) is 32.8 Å². The molecule has 4 atom stereocenters. The van der Waals surface area contributed by atoms with E-state index in [1.807, 2.05) is 0 Å². The van der Waals surface area contributed by atoms with E-state index >= 15 is 0 Å². The standard InChI is InChI=1S/C11H20N2O2/c12-11-7-14-6-8(11)3-13-4-9-1-2-10(5-13)15-9/h8-11H,1-7,12H2. The maximum atomic E-state index is 6.00. The van der Waals surface area contributed by atoms with Crippen molar-refractivity contribution < 1.29 is 9.47 Å². The smallest absolute Gasteiger partial charge is 0.0707 e. The molecular weight excluding hydrogens is 192 g/mol. The number of nitrogens with zero attached hydrogens (tertiary/aromatic N) is 1. The number of hydrogen-bond donors (Lipinski definition) is 1. The van der Waals surface area contributed by atoms with Crippen molar-refractivity contribution >= 4 is 0 Å². The normalized spacial score (nSPS) is 46.2. The molecule has 2 bridgehead atoms. The van der Waals surface area contributed by atoms with E-state index in [9.17, 15) is 0 Å². The molecule has 3 heterocycles. The number of likely N-dealkylation sites (tertiary alicyclic amines) is 1. The van der Waals surface area contributed by atoms with E-state index in [1.165, 1.54) is 12.8 Å². The molecule has 0 radical (unpaired) electrons. The summed E-state index contributed by atoms with van der Waals surface area (Å²) in [4.78, 5) is 2.52. The maximum absolute atomic E-state index is 6.00. The van der Waals surface area contributed by atoms with Crippen LogP contribution in [0.1, 0.15) is 12.8 Å². The van der Waals surface area contributed by atoms with Gasteiger partial charge in [0.25, 0.3) is 0 Å². The summed E-state index contributed by atoms with van der Waals surface area (Å²) in [5.74, 6) is 0.530. The fourth-order valence-electron chi connectivity index (χ4n) is 2.98. The average molecular weight is 212 g/mol. The van der Waals surface area contributed by atoms with Crippen LogP contribution in [-0.2, 0) is 9.47 Å². The lowest BCUT2D eigenvalue weighted by atomic mass is 10.0. The zero-order chi connectivity index (χ0) is 10.3. The van der Waals surface area contributed by atoms with Crippen LogP contribution in [0.2, 0.25) is 0 Å². The number of nitrogens with two attached hydrogens (primary N) is 1. The van der Waals surface area contributed by atoms with Gasteiger partial charge in [0.2, 0.25) is 0 Å². The molecule has 15 heavy (non-hydrogen) atoms. The molecule has 3 rings (SSSR count). The van der Waals surface area contributed by atoms with Crippen LogP contribution in [-0.4, -0.2) is 56.0 Å². The average Bonchev–Trinajstić information content (AvgIpc) is 2.75. The minimum Gasteiger partial charge on any atom is -0.379 e. The van der Waals surface area contributed by atoms with Gasteiger partial charge in [-0.3, -0.25) is 4.90 Å². The van der Waals surface area contributed by atoms with Crippen LogP contribution in [0.4, 0.5) is 0 Å². The fourth-order valence-corrected chi connectivity index (χ4v) is 2.98. The van der Waals surface area contributed by atoms with Crippen molar-refractivity contribution in [2.45, 2.75) is 31.1 Å². The Morgan fingerprint density at radius 2 is 1.87 bits per heavy atom. The Hall–Kier alpha value is -0.160. The van der Waals surface area contributed by atoms with Gasteiger partial charge in [-0.15, -0.1) is 0 Å². The zero-order valence-electron chi connectivity index (χ0n) is 9.10. The highest BCUT2D eigenvalue weighted by Gasteiger charge is 2.36. The molecule has 3 saturated heterocycles. The Bertz CT molecular complexity index is 225. The Morgan fingerprint density at radius 1 is 1.13 bits per heavy atom. The molecule has 0 spiro atoms. The van der Waals surface area contributed by atoms with Gasteiger partial charge in [0.15, 0.2) is 0 Å². The van der Waals surface area contributed by atoms with Gasteiger partial charge in [-0.2, -0.15) is 0 Å². The molecule has 4 unspecified atom stereocenters. The third-order valence-corrected chi connectivity index (χ3v) is 3.86. The topological polar surface area (TPSA) is 47.7 Å². The van der Waals surface area contributed by atoms with Crippen LogP contribution in [0.5, 0.6) is 0 Å². The van der Waals surface area contributed by atoms with Crippen LogP contribution in [0.3, 0.4) is 0 Å². The van der Waals surface area contributed by atoms with Crippen molar-refractivity contribution in [3.05, 3.63) is 0 Å². The van der Waals surface area contributed by atoms with E-state index in [-0.39, 0.29) is 6.04 Å². The first-order chi connectivity index (χ1) is 7.31. The molecule has 3 aliphatic heterocycles. The van der Waals surface area contributed by atoms with Gasteiger partial charge in [0.1, 0.15) is 0 Å². The lowest BCUT2D eigenvalue weighted by molar-refractivity contribution is -0.0431. The van der Waals surface area contributed by atoms with Gasteiger partial charge in [-0.1, -0.05) is 0 Å². The van der Waals surface area contributed by atoms with E-state index in [2.05, 4.69) is 4.90 Å². The van der Waals surface area contributed by atoms with Crippen LogP contribution in [0.25, 0.3) is 0 Å². The summed E-state index contributed by atoms with van der Waals surface area (Å²) in [6.07, 6.45) is 3.47. The van der Waals surface area contributed by atoms with Crippen molar-refractivity contribution in [2.24, 2.45) is 11.7 Å². The van der Waals surface area contributed by atoms with E-state index in [4.69, 9.17) is 15.2 Å². The molecule has 0 amide bonds. The summed E-state index contributed by atoms with van der Waals surface area (Å²) in [5.41, 5.74) is 6.00. The lowest BCUT2D eigenvalue weighted by Crippen LogP contribution is -2.47. The minimum atomic E-state index is 0.241. The van der Waals surface area contributed by atoms with Crippen molar-refractivity contribution in [1.29, 1.82) is 0 Å². The first-order valence-corrected chi connectivity index (χ1v) is 6.02. The molecule has 3 fully saturated rings. The predicted octanol–water partition coefficient (Wildman–Crippen LogP) is -0.177. The summed E-state index contributed by atoms with van der Waals surface area (Å²) < 4.78 is 11.2. The SMILES string of the molecule is NC1COCC1CN1CC2CCC(C1)O2. The second kappa shape index (κ2) is 4.01. The quantitative estimate of drug-likeness (QED) is 0.690. The lowest BCUT2D eigenvalue weighted by Gasteiger charge is -2.34. The second-order valence-corrected chi connectivity index (χ2v) is 5.14. The maximum Gasteiger partial charge on any atom is 0.0707 e. The Labute approximate surface area is 90.7 Å². The molecule has 0 aliphatic carbocycles. The number of ether oxygens (including phenoxy) is 2. The summed E-state index contributed by atoms with van der Waals surface area (Å²) >= 11 is 0. The van der Waals surface area contributed by atoms with Gasteiger partial charge in [0.05, 0.1) is 25.4 Å². The zero-order valence-corrected chi connectivity index (χ0v) is 9.10. The van der Waals surface area contributed by atoms with Gasteiger partial charge in [-0.25, -0.2) is 0 Å². The highest BCUT2D eigenvalue weighted by atomic mass is 16.5. The Balaban J connectivity index is 1.55. The molecule has 0 aromatic heterocycles. The van der Waals surface area contributed by atoms with Crippen molar-refractivity contribution in [3.63, 3.8) is 0 Å². The van der Waals surface area contributed by atoms with Crippen molar-refractivity contribution in [3.8, 4) is 0 Å². The largest absolute Gasteiger partial charge is 0.379 e. The number of morpholine rings is 1. The van der Waals surface area contributed by atoms with Crippen LogP contribution in [0.15, 0.2) is 0 Å². The number of rotatable bonds is 2. The molecule has 0 aromatic carbocycles. The van der Waals surface area contributed by atoms with E-state index in [0.29, 0.717) is 18.1 Å². The van der Waals surface area contributed by atoms with Gasteiger partial charge < -0.3 is 15.2 Å². The summed E-state index contributed by atoms with van der Waals surface area (Å²) in [5, 5.41) is 0. The first-order valence-electron chi connectivity index (χ1n) is 6.02.